The highest BCUT2D eigenvalue weighted by atomic mass is 35.5. The van der Waals surface area contributed by atoms with Gasteiger partial charge in [0.2, 0.25) is 5.91 Å². The van der Waals surface area contributed by atoms with Crippen molar-refractivity contribution in [3.8, 4) is 0 Å². The molecule has 3 N–H and O–H groups in total. The van der Waals surface area contributed by atoms with Crippen molar-refractivity contribution in [2.24, 2.45) is 23.5 Å². The summed E-state index contributed by atoms with van der Waals surface area (Å²) in [6.07, 6.45) is 9.81. The third-order valence-corrected chi connectivity index (χ3v) is 4.38. The lowest BCUT2D eigenvalue weighted by atomic mass is 9.79. The van der Waals surface area contributed by atoms with Crippen LogP contribution >= 0.6 is 12.4 Å². The Morgan fingerprint density at radius 1 is 1.20 bits per heavy atom. The van der Waals surface area contributed by atoms with E-state index >= 15 is 0 Å². The van der Waals surface area contributed by atoms with Gasteiger partial charge < -0.3 is 11.1 Å². The molecule has 1 amide bonds. The Kier molecular flexibility index (Phi) is 11.2. The second-order valence-electron chi connectivity index (χ2n) is 6.38. The van der Waals surface area contributed by atoms with Crippen molar-refractivity contribution in [2.45, 2.75) is 65.2 Å². The van der Waals surface area contributed by atoms with Crippen LogP contribution in [-0.4, -0.2) is 19.0 Å². The fourth-order valence-corrected chi connectivity index (χ4v) is 3.08. The number of rotatable bonds is 8. The molecule has 1 fully saturated rings. The van der Waals surface area contributed by atoms with Crippen molar-refractivity contribution in [2.75, 3.05) is 13.1 Å². The zero-order chi connectivity index (χ0) is 14.1. The fraction of sp³-hybridized carbons (Fsp3) is 0.938. The number of hydrogen-bond donors (Lipinski definition) is 2. The van der Waals surface area contributed by atoms with Gasteiger partial charge in [-0.2, -0.15) is 0 Å². The molecule has 1 rings (SSSR count). The number of unbranched alkanes of at least 4 members (excludes halogenated alkanes) is 1. The van der Waals surface area contributed by atoms with E-state index in [4.69, 9.17) is 5.73 Å². The number of carbonyl (C=O) groups excluding carboxylic acids is 1. The van der Waals surface area contributed by atoms with Gasteiger partial charge in [0.25, 0.3) is 0 Å². The van der Waals surface area contributed by atoms with Crippen molar-refractivity contribution >= 4 is 18.3 Å². The topological polar surface area (TPSA) is 55.1 Å². The van der Waals surface area contributed by atoms with E-state index in [0.29, 0.717) is 12.5 Å². The van der Waals surface area contributed by atoms with Gasteiger partial charge in [-0.1, -0.05) is 46.0 Å². The second-order valence-corrected chi connectivity index (χ2v) is 6.38. The summed E-state index contributed by atoms with van der Waals surface area (Å²) >= 11 is 0. The van der Waals surface area contributed by atoms with Crippen molar-refractivity contribution in [3.05, 3.63) is 0 Å². The smallest absolute Gasteiger partial charge is 0.223 e. The average molecular weight is 305 g/mol. The van der Waals surface area contributed by atoms with Crippen LogP contribution in [0.3, 0.4) is 0 Å². The number of halogens is 1. The minimum atomic E-state index is 0. The van der Waals surface area contributed by atoms with Crippen LogP contribution in [0.5, 0.6) is 0 Å². The Balaban J connectivity index is 0.00000361. The van der Waals surface area contributed by atoms with Crippen molar-refractivity contribution in [1.29, 1.82) is 0 Å². The first-order valence-corrected chi connectivity index (χ1v) is 8.13. The standard InChI is InChI=1S/C16H32N2O.ClH/c1-13(2)15(12-14-8-4-3-5-9-14)16(19)18-11-7-6-10-17;/h13-15H,3-12,17H2,1-2H3,(H,18,19);1H. The number of amides is 1. The Morgan fingerprint density at radius 3 is 2.40 bits per heavy atom. The number of nitrogens with two attached hydrogens (primary N) is 1. The van der Waals surface area contributed by atoms with Gasteiger partial charge >= 0.3 is 0 Å². The van der Waals surface area contributed by atoms with Gasteiger partial charge in [-0.25, -0.2) is 0 Å². The highest BCUT2D eigenvalue weighted by molar-refractivity contribution is 5.85. The molecule has 0 aromatic heterocycles. The van der Waals surface area contributed by atoms with E-state index in [0.717, 1.165) is 31.7 Å². The quantitative estimate of drug-likeness (QED) is 0.674. The van der Waals surface area contributed by atoms with E-state index < -0.39 is 0 Å². The van der Waals surface area contributed by atoms with Crippen molar-refractivity contribution in [3.63, 3.8) is 0 Å². The van der Waals surface area contributed by atoms with Gasteiger partial charge in [-0.05, 0) is 37.6 Å². The number of hydrogen-bond acceptors (Lipinski definition) is 2. The molecule has 0 bridgehead atoms. The summed E-state index contributed by atoms with van der Waals surface area (Å²) < 4.78 is 0. The molecule has 4 heteroatoms. The fourth-order valence-electron chi connectivity index (χ4n) is 3.08. The Labute approximate surface area is 130 Å². The third-order valence-electron chi connectivity index (χ3n) is 4.38. The van der Waals surface area contributed by atoms with Gasteiger partial charge in [0, 0.05) is 12.5 Å². The lowest BCUT2D eigenvalue weighted by Gasteiger charge is -2.28. The summed E-state index contributed by atoms with van der Waals surface area (Å²) in [6, 6.07) is 0. The number of nitrogens with one attached hydrogen (secondary N) is 1. The van der Waals surface area contributed by atoms with E-state index in [-0.39, 0.29) is 24.2 Å². The first-order chi connectivity index (χ1) is 9.15. The molecule has 1 aliphatic rings. The van der Waals surface area contributed by atoms with Crippen LogP contribution in [0.15, 0.2) is 0 Å². The lowest BCUT2D eigenvalue weighted by Crippen LogP contribution is -2.35. The van der Waals surface area contributed by atoms with Crippen LogP contribution < -0.4 is 11.1 Å². The van der Waals surface area contributed by atoms with Crippen LogP contribution in [0.25, 0.3) is 0 Å². The van der Waals surface area contributed by atoms with Crippen LogP contribution in [0.2, 0.25) is 0 Å². The van der Waals surface area contributed by atoms with E-state index in [2.05, 4.69) is 19.2 Å². The number of carbonyl (C=O) groups is 1. The molecule has 1 aliphatic carbocycles. The Hall–Kier alpha value is -0.280. The molecule has 1 atom stereocenters. The molecule has 1 unspecified atom stereocenters. The molecule has 120 valence electrons. The summed E-state index contributed by atoms with van der Waals surface area (Å²) in [5.74, 6) is 1.67. The molecule has 1 saturated carbocycles. The molecule has 0 saturated heterocycles. The molecular weight excluding hydrogens is 272 g/mol. The molecule has 0 aromatic carbocycles. The van der Waals surface area contributed by atoms with E-state index in [9.17, 15) is 4.79 Å². The average Bonchev–Trinajstić information content (AvgIpc) is 2.41. The van der Waals surface area contributed by atoms with Gasteiger partial charge in [0.05, 0.1) is 0 Å². The highest BCUT2D eigenvalue weighted by Crippen LogP contribution is 2.31. The normalized spacial score (nSPS) is 17.6. The molecule has 3 nitrogen and oxygen atoms in total. The van der Waals surface area contributed by atoms with Crippen LogP contribution in [-0.2, 0) is 4.79 Å². The van der Waals surface area contributed by atoms with E-state index in [1.807, 2.05) is 0 Å². The Morgan fingerprint density at radius 2 is 1.85 bits per heavy atom. The summed E-state index contributed by atoms with van der Waals surface area (Å²) in [6.45, 7) is 5.84. The van der Waals surface area contributed by atoms with Gasteiger partial charge in [-0.15, -0.1) is 12.4 Å². The summed E-state index contributed by atoms with van der Waals surface area (Å²) in [4.78, 5) is 12.3. The zero-order valence-corrected chi connectivity index (χ0v) is 14.0. The molecule has 0 heterocycles. The minimum Gasteiger partial charge on any atom is -0.356 e. The maximum Gasteiger partial charge on any atom is 0.223 e. The van der Waals surface area contributed by atoms with Gasteiger partial charge in [0.1, 0.15) is 0 Å². The van der Waals surface area contributed by atoms with Crippen molar-refractivity contribution < 1.29 is 4.79 Å². The predicted molar refractivity (Wildman–Crippen MR) is 88.1 cm³/mol. The maximum atomic E-state index is 12.3. The second kappa shape index (κ2) is 11.4. The molecular formula is C16H33ClN2O. The van der Waals surface area contributed by atoms with Gasteiger partial charge in [-0.3, -0.25) is 4.79 Å². The molecule has 0 aliphatic heterocycles. The van der Waals surface area contributed by atoms with Crippen LogP contribution in [0.4, 0.5) is 0 Å². The Bertz CT molecular complexity index is 253. The first-order valence-electron chi connectivity index (χ1n) is 8.13. The zero-order valence-electron chi connectivity index (χ0n) is 13.2. The van der Waals surface area contributed by atoms with Crippen molar-refractivity contribution in [1.82, 2.24) is 5.32 Å². The lowest BCUT2D eigenvalue weighted by molar-refractivity contribution is -0.127. The predicted octanol–water partition coefficient (Wildman–Crippen LogP) is 3.51. The molecule has 0 radical (unpaired) electrons. The third kappa shape index (κ3) is 7.49. The van der Waals surface area contributed by atoms with Crippen LogP contribution in [0.1, 0.15) is 65.2 Å². The summed E-state index contributed by atoms with van der Waals surface area (Å²) in [5.41, 5.74) is 5.46. The maximum absolute atomic E-state index is 12.3. The SMILES string of the molecule is CC(C)C(CC1CCCCC1)C(=O)NCCCCN.Cl. The molecule has 0 spiro atoms. The molecule has 20 heavy (non-hydrogen) atoms. The van der Waals surface area contributed by atoms with E-state index in [1.165, 1.54) is 32.1 Å². The molecule has 0 aromatic rings. The monoisotopic (exact) mass is 304 g/mol. The summed E-state index contributed by atoms with van der Waals surface area (Å²) in [7, 11) is 0. The van der Waals surface area contributed by atoms with E-state index in [1.54, 1.807) is 0 Å². The minimum absolute atomic E-state index is 0. The largest absolute Gasteiger partial charge is 0.356 e. The van der Waals surface area contributed by atoms with Gasteiger partial charge in [0.15, 0.2) is 0 Å². The first kappa shape index (κ1) is 19.7. The summed E-state index contributed by atoms with van der Waals surface area (Å²) in [5, 5.41) is 3.09. The highest BCUT2D eigenvalue weighted by Gasteiger charge is 2.26. The van der Waals surface area contributed by atoms with Crippen LogP contribution in [0, 0.1) is 17.8 Å².